The number of nitrogens with zero attached hydrogens (tertiary/aromatic N) is 2. The quantitative estimate of drug-likeness (QED) is 0.732. The predicted molar refractivity (Wildman–Crippen MR) is 104 cm³/mol. The second-order valence-corrected chi connectivity index (χ2v) is 7.83. The van der Waals surface area contributed by atoms with E-state index in [9.17, 15) is 4.79 Å². The minimum Gasteiger partial charge on any atom is -0.350 e. The molecule has 2 heterocycles. The summed E-state index contributed by atoms with van der Waals surface area (Å²) in [6.07, 6.45) is 5.20. The third-order valence-corrected chi connectivity index (χ3v) is 6.35. The second kappa shape index (κ2) is 7.00. The smallest absolute Gasteiger partial charge is 0.263 e. The van der Waals surface area contributed by atoms with Crippen molar-refractivity contribution in [3.63, 3.8) is 0 Å². The van der Waals surface area contributed by atoms with Crippen LogP contribution in [0, 0.1) is 6.92 Å². The molecule has 0 saturated heterocycles. The molecule has 0 radical (unpaired) electrons. The van der Waals surface area contributed by atoms with Gasteiger partial charge >= 0.3 is 0 Å². The van der Waals surface area contributed by atoms with Gasteiger partial charge in [-0.1, -0.05) is 42.8 Å². The third kappa shape index (κ3) is 3.15. The summed E-state index contributed by atoms with van der Waals surface area (Å²) in [5.41, 5.74) is 2.97. The molecule has 0 bridgehead atoms. The van der Waals surface area contributed by atoms with Gasteiger partial charge in [-0.05, 0) is 37.5 Å². The molecule has 1 amide bonds. The summed E-state index contributed by atoms with van der Waals surface area (Å²) in [5, 5.41) is 3.94. The lowest BCUT2D eigenvalue weighted by Gasteiger charge is -2.42. The predicted octanol–water partition coefficient (Wildman–Crippen LogP) is 4.37. The molecule has 2 aromatic heterocycles. The van der Waals surface area contributed by atoms with Crippen molar-refractivity contribution in [1.29, 1.82) is 0 Å². The van der Waals surface area contributed by atoms with Gasteiger partial charge in [-0.15, -0.1) is 11.3 Å². The van der Waals surface area contributed by atoms with E-state index in [2.05, 4.69) is 39.6 Å². The number of hydrogen-bond acceptors (Lipinski definition) is 4. The summed E-state index contributed by atoms with van der Waals surface area (Å²) in [7, 11) is 0. The van der Waals surface area contributed by atoms with Crippen molar-refractivity contribution in [2.75, 3.05) is 6.54 Å². The van der Waals surface area contributed by atoms with Crippen molar-refractivity contribution in [2.45, 2.75) is 31.6 Å². The molecular formula is C21H21N3OS. The molecule has 0 aliphatic heterocycles. The molecule has 0 unspecified atom stereocenters. The Kier molecular flexibility index (Phi) is 4.55. The Bertz CT molecular complexity index is 902. The Morgan fingerprint density at radius 3 is 2.58 bits per heavy atom. The monoisotopic (exact) mass is 363 g/mol. The number of rotatable bonds is 5. The molecule has 1 aliphatic carbocycles. The lowest BCUT2D eigenvalue weighted by atomic mass is 9.64. The van der Waals surface area contributed by atoms with Gasteiger partial charge in [0.05, 0.1) is 11.4 Å². The lowest BCUT2D eigenvalue weighted by Crippen LogP contribution is -2.45. The number of amides is 1. The molecule has 0 atom stereocenters. The first-order valence-electron chi connectivity index (χ1n) is 8.90. The normalized spacial score (nSPS) is 15.3. The van der Waals surface area contributed by atoms with Crippen LogP contribution in [0.5, 0.6) is 0 Å². The average molecular weight is 363 g/mol. The molecule has 3 aromatic rings. The zero-order valence-electron chi connectivity index (χ0n) is 14.7. The van der Waals surface area contributed by atoms with Crippen LogP contribution in [0.1, 0.15) is 40.2 Å². The zero-order chi connectivity index (χ0) is 18.0. The van der Waals surface area contributed by atoms with Crippen LogP contribution in [0.3, 0.4) is 0 Å². The highest BCUT2D eigenvalue weighted by molar-refractivity contribution is 7.17. The number of aromatic nitrogens is 2. The Balaban J connectivity index is 1.50. The van der Waals surface area contributed by atoms with Crippen LogP contribution in [0.15, 0.2) is 54.7 Å². The SMILES string of the molecule is Cc1nc(-c2ccccn2)sc1C(=O)NCC1(c2ccccc2)CCC1. The summed E-state index contributed by atoms with van der Waals surface area (Å²) in [5.74, 6) is -0.0376. The highest BCUT2D eigenvalue weighted by Crippen LogP contribution is 2.43. The van der Waals surface area contributed by atoms with Crippen molar-refractivity contribution in [2.24, 2.45) is 0 Å². The van der Waals surface area contributed by atoms with Gasteiger partial charge in [0.1, 0.15) is 9.88 Å². The maximum Gasteiger partial charge on any atom is 0.263 e. The van der Waals surface area contributed by atoms with E-state index in [0.717, 1.165) is 29.2 Å². The molecule has 4 rings (SSSR count). The molecule has 1 fully saturated rings. The van der Waals surface area contributed by atoms with Gasteiger partial charge in [-0.2, -0.15) is 0 Å². The minimum atomic E-state index is -0.0376. The Hall–Kier alpha value is -2.53. The van der Waals surface area contributed by atoms with Crippen LogP contribution in [0.2, 0.25) is 0 Å². The first kappa shape index (κ1) is 16.9. The average Bonchev–Trinajstić information content (AvgIpc) is 3.04. The van der Waals surface area contributed by atoms with E-state index < -0.39 is 0 Å². The number of nitrogens with one attached hydrogen (secondary N) is 1. The molecule has 1 saturated carbocycles. The van der Waals surface area contributed by atoms with Crippen LogP contribution >= 0.6 is 11.3 Å². The molecule has 1 aromatic carbocycles. The largest absolute Gasteiger partial charge is 0.350 e. The number of pyridine rings is 1. The summed E-state index contributed by atoms with van der Waals surface area (Å²) in [6, 6.07) is 16.2. The Morgan fingerprint density at radius 1 is 1.15 bits per heavy atom. The van der Waals surface area contributed by atoms with E-state index >= 15 is 0 Å². The second-order valence-electron chi connectivity index (χ2n) is 6.83. The zero-order valence-corrected chi connectivity index (χ0v) is 15.6. The first-order valence-corrected chi connectivity index (χ1v) is 9.72. The van der Waals surface area contributed by atoms with Gasteiger partial charge in [0.15, 0.2) is 0 Å². The number of carbonyl (C=O) groups excluding carboxylic acids is 1. The maximum absolute atomic E-state index is 12.8. The van der Waals surface area contributed by atoms with E-state index in [1.807, 2.05) is 31.2 Å². The van der Waals surface area contributed by atoms with Crippen LogP contribution in [0.25, 0.3) is 10.7 Å². The van der Waals surface area contributed by atoms with Gasteiger partial charge in [-0.25, -0.2) is 4.98 Å². The fourth-order valence-electron chi connectivity index (χ4n) is 3.50. The van der Waals surface area contributed by atoms with Gasteiger partial charge in [-0.3, -0.25) is 9.78 Å². The van der Waals surface area contributed by atoms with E-state index in [1.54, 1.807) is 6.20 Å². The van der Waals surface area contributed by atoms with E-state index in [4.69, 9.17) is 0 Å². The molecule has 5 heteroatoms. The molecule has 26 heavy (non-hydrogen) atoms. The fraction of sp³-hybridized carbons (Fsp3) is 0.286. The van der Waals surface area contributed by atoms with Crippen molar-refractivity contribution < 1.29 is 4.79 Å². The lowest BCUT2D eigenvalue weighted by molar-refractivity contribution is 0.0931. The fourth-order valence-corrected chi connectivity index (χ4v) is 4.46. The van der Waals surface area contributed by atoms with E-state index in [-0.39, 0.29) is 11.3 Å². The van der Waals surface area contributed by atoms with Crippen molar-refractivity contribution in [1.82, 2.24) is 15.3 Å². The van der Waals surface area contributed by atoms with Crippen molar-refractivity contribution in [3.05, 3.63) is 70.9 Å². The Morgan fingerprint density at radius 2 is 1.92 bits per heavy atom. The van der Waals surface area contributed by atoms with Crippen LogP contribution in [-0.4, -0.2) is 22.4 Å². The van der Waals surface area contributed by atoms with Gasteiger partial charge in [0, 0.05) is 18.2 Å². The molecule has 0 spiro atoms. The summed E-state index contributed by atoms with van der Waals surface area (Å²) < 4.78 is 0. The van der Waals surface area contributed by atoms with Crippen LogP contribution in [-0.2, 0) is 5.41 Å². The number of thiazole rings is 1. The summed E-state index contributed by atoms with van der Waals surface area (Å²) in [4.78, 5) is 22.3. The summed E-state index contributed by atoms with van der Waals surface area (Å²) >= 11 is 1.41. The van der Waals surface area contributed by atoms with E-state index in [0.29, 0.717) is 11.4 Å². The molecule has 132 valence electrons. The Labute approximate surface area is 157 Å². The third-order valence-electron chi connectivity index (χ3n) is 5.17. The molecular weight excluding hydrogens is 342 g/mol. The number of hydrogen-bond donors (Lipinski definition) is 1. The summed E-state index contributed by atoms with van der Waals surface area (Å²) in [6.45, 7) is 2.56. The van der Waals surface area contributed by atoms with E-state index in [1.165, 1.54) is 23.3 Å². The van der Waals surface area contributed by atoms with Crippen LogP contribution in [0.4, 0.5) is 0 Å². The number of benzene rings is 1. The minimum absolute atomic E-state index is 0.0376. The number of aryl methyl sites for hydroxylation is 1. The standard InChI is InChI=1S/C21H21N3OS/c1-15-18(26-20(24-15)17-10-5-6-13-22-17)19(25)23-14-21(11-7-12-21)16-8-3-2-4-9-16/h2-6,8-10,13H,7,11-12,14H2,1H3,(H,23,25). The molecule has 4 nitrogen and oxygen atoms in total. The van der Waals surface area contributed by atoms with Crippen molar-refractivity contribution >= 4 is 17.2 Å². The van der Waals surface area contributed by atoms with Crippen LogP contribution < -0.4 is 5.32 Å². The number of carbonyl (C=O) groups is 1. The molecule has 1 N–H and O–H groups in total. The van der Waals surface area contributed by atoms with Crippen molar-refractivity contribution in [3.8, 4) is 10.7 Å². The molecule has 1 aliphatic rings. The topological polar surface area (TPSA) is 54.9 Å². The van der Waals surface area contributed by atoms with Gasteiger partial charge in [0.2, 0.25) is 0 Å². The van der Waals surface area contributed by atoms with Gasteiger partial charge in [0.25, 0.3) is 5.91 Å². The highest BCUT2D eigenvalue weighted by Gasteiger charge is 2.38. The maximum atomic E-state index is 12.8. The van der Waals surface area contributed by atoms with Gasteiger partial charge < -0.3 is 5.32 Å². The highest BCUT2D eigenvalue weighted by atomic mass is 32.1. The first-order chi connectivity index (χ1) is 12.7.